The number of amides is 1. The molecule has 2 aromatic carbocycles. The van der Waals surface area contributed by atoms with E-state index in [2.05, 4.69) is 5.16 Å². The van der Waals surface area contributed by atoms with Gasteiger partial charge >= 0.3 is 0 Å². The number of fused-ring (bicyclic) bond motifs is 1. The number of carbonyl (C=O) groups is 1. The van der Waals surface area contributed by atoms with Crippen LogP contribution in [0.5, 0.6) is 5.75 Å². The molecular weight excluding hydrogens is 316 g/mol. The number of ether oxygens (including phenoxy) is 1. The number of aryl methyl sites for hydroxylation is 1. The van der Waals surface area contributed by atoms with Gasteiger partial charge in [0, 0.05) is 11.6 Å². The molecule has 1 aliphatic rings. The Kier molecular flexibility index (Phi) is 3.76. The van der Waals surface area contributed by atoms with Gasteiger partial charge in [-0.05, 0) is 26.0 Å². The fourth-order valence-electron chi connectivity index (χ4n) is 2.95. The average molecular weight is 334 g/mol. The molecule has 2 heterocycles. The molecule has 5 nitrogen and oxygen atoms in total. The number of anilines is 1. The van der Waals surface area contributed by atoms with Gasteiger partial charge in [-0.2, -0.15) is 0 Å². The summed E-state index contributed by atoms with van der Waals surface area (Å²) in [4.78, 5) is 14.6. The van der Waals surface area contributed by atoms with Crippen molar-refractivity contribution in [3.63, 3.8) is 0 Å². The van der Waals surface area contributed by atoms with Crippen LogP contribution < -0.4 is 9.64 Å². The highest BCUT2D eigenvalue weighted by molar-refractivity contribution is 6.06. The van der Waals surface area contributed by atoms with E-state index < -0.39 is 0 Å². The summed E-state index contributed by atoms with van der Waals surface area (Å²) < 4.78 is 11.2. The molecule has 3 aromatic rings. The lowest BCUT2D eigenvalue weighted by Crippen LogP contribution is -2.42. The Labute approximate surface area is 145 Å². The minimum Gasteiger partial charge on any atom is -0.487 e. The fourth-order valence-corrected chi connectivity index (χ4v) is 2.95. The van der Waals surface area contributed by atoms with Gasteiger partial charge in [0.1, 0.15) is 11.9 Å². The van der Waals surface area contributed by atoms with E-state index in [4.69, 9.17) is 9.26 Å². The lowest BCUT2D eigenvalue weighted by molar-refractivity contribution is 0.0952. The number of hydrogen-bond acceptors (Lipinski definition) is 4. The molecule has 126 valence electrons. The van der Waals surface area contributed by atoms with Crippen molar-refractivity contribution in [3.05, 3.63) is 65.9 Å². The maximum Gasteiger partial charge on any atom is 0.280 e. The summed E-state index contributed by atoms with van der Waals surface area (Å²) in [6.07, 6.45) is -0.0812. The zero-order chi connectivity index (χ0) is 17.4. The predicted octanol–water partition coefficient (Wildman–Crippen LogP) is 4.08. The molecular formula is C20H18N2O3. The first-order chi connectivity index (χ1) is 12.1. The lowest BCUT2D eigenvalue weighted by atomic mass is 10.1. The van der Waals surface area contributed by atoms with Gasteiger partial charge < -0.3 is 9.26 Å². The number of benzene rings is 2. The highest BCUT2D eigenvalue weighted by atomic mass is 16.5. The first-order valence-electron chi connectivity index (χ1n) is 8.23. The molecule has 25 heavy (non-hydrogen) atoms. The molecule has 1 aromatic heterocycles. The van der Waals surface area contributed by atoms with Crippen LogP contribution in [0.1, 0.15) is 23.0 Å². The van der Waals surface area contributed by atoms with E-state index in [1.165, 1.54) is 5.56 Å². The number of rotatable bonds is 2. The van der Waals surface area contributed by atoms with Gasteiger partial charge in [0.25, 0.3) is 5.91 Å². The van der Waals surface area contributed by atoms with Crippen LogP contribution in [0.2, 0.25) is 0 Å². The Morgan fingerprint density at radius 1 is 1.16 bits per heavy atom. The van der Waals surface area contributed by atoms with E-state index in [9.17, 15) is 4.79 Å². The van der Waals surface area contributed by atoms with Crippen molar-refractivity contribution in [3.8, 4) is 17.1 Å². The zero-order valence-corrected chi connectivity index (χ0v) is 14.1. The Morgan fingerprint density at radius 3 is 2.72 bits per heavy atom. The molecule has 0 fully saturated rings. The van der Waals surface area contributed by atoms with Crippen molar-refractivity contribution >= 4 is 11.6 Å². The maximum absolute atomic E-state index is 13.0. The Bertz CT molecular complexity index is 915. The average Bonchev–Trinajstić information content (AvgIpc) is 3.11. The van der Waals surface area contributed by atoms with Crippen LogP contribution in [-0.4, -0.2) is 23.7 Å². The smallest absolute Gasteiger partial charge is 0.280 e. The summed E-state index contributed by atoms with van der Waals surface area (Å²) in [5.74, 6) is 1.10. The monoisotopic (exact) mass is 334 g/mol. The molecule has 0 bridgehead atoms. The van der Waals surface area contributed by atoms with Crippen LogP contribution in [0.4, 0.5) is 5.69 Å². The summed E-state index contributed by atoms with van der Waals surface area (Å²) >= 11 is 0. The predicted molar refractivity (Wildman–Crippen MR) is 94.9 cm³/mol. The largest absolute Gasteiger partial charge is 0.487 e. The SMILES string of the molecule is Cc1ccc(-c2cc(C(=O)N3C[C@H](C)Oc4ccccc43)no2)cc1. The molecule has 0 aliphatic carbocycles. The molecule has 0 spiro atoms. The summed E-state index contributed by atoms with van der Waals surface area (Å²) in [6, 6.07) is 17.1. The van der Waals surface area contributed by atoms with Crippen LogP contribution >= 0.6 is 0 Å². The zero-order valence-electron chi connectivity index (χ0n) is 14.1. The van der Waals surface area contributed by atoms with E-state index in [0.29, 0.717) is 23.7 Å². The minimum absolute atomic E-state index is 0.0812. The highest BCUT2D eigenvalue weighted by Crippen LogP contribution is 2.34. The van der Waals surface area contributed by atoms with Crippen molar-refractivity contribution in [2.75, 3.05) is 11.4 Å². The molecule has 0 radical (unpaired) electrons. The first kappa shape index (κ1) is 15.4. The van der Waals surface area contributed by atoms with Crippen LogP contribution in [0.3, 0.4) is 0 Å². The minimum atomic E-state index is -0.190. The third-order valence-corrected chi connectivity index (χ3v) is 4.23. The van der Waals surface area contributed by atoms with Gasteiger partial charge in [0.05, 0.1) is 12.2 Å². The van der Waals surface area contributed by atoms with Gasteiger partial charge in [0.2, 0.25) is 0 Å². The highest BCUT2D eigenvalue weighted by Gasteiger charge is 2.29. The molecule has 0 N–H and O–H groups in total. The Morgan fingerprint density at radius 2 is 1.92 bits per heavy atom. The molecule has 1 amide bonds. The third kappa shape index (κ3) is 2.89. The standard InChI is InChI=1S/C20H18N2O3/c1-13-7-9-15(10-8-13)19-11-16(21-25-19)20(23)22-12-14(2)24-18-6-4-3-5-17(18)22/h3-11,14H,12H2,1-2H3/t14-/m0/s1. The van der Waals surface area contributed by atoms with Gasteiger partial charge in [-0.15, -0.1) is 0 Å². The lowest BCUT2D eigenvalue weighted by Gasteiger charge is -2.32. The van der Waals surface area contributed by atoms with E-state index in [-0.39, 0.29) is 12.0 Å². The Hall–Kier alpha value is -3.08. The number of para-hydroxylation sites is 2. The second-order valence-corrected chi connectivity index (χ2v) is 6.25. The molecule has 0 saturated carbocycles. The molecule has 0 unspecified atom stereocenters. The molecule has 1 aliphatic heterocycles. The van der Waals surface area contributed by atoms with Gasteiger partial charge in [-0.3, -0.25) is 9.69 Å². The summed E-state index contributed by atoms with van der Waals surface area (Å²) in [6.45, 7) is 4.44. The van der Waals surface area contributed by atoms with Crippen LogP contribution in [-0.2, 0) is 0 Å². The second kappa shape index (κ2) is 6.09. The second-order valence-electron chi connectivity index (χ2n) is 6.25. The first-order valence-corrected chi connectivity index (χ1v) is 8.23. The number of nitrogens with zero attached hydrogens (tertiary/aromatic N) is 2. The third-order valence-electron chi connectivity index (χ3n) is 4.23. The number of hydrogen-bond donors (Lipinski definition) is 0. The van der Waals surface area contributed by atoms with E-state index in [1.807, 2.05) is 62.4 Å². The van der Waals surface area contributed by atoms with Gasteiger partial charge in [-0.25, -0.2) is 0 Å². The maximum atomic E-state index is 13.0. The summed E-state index contributed by atoms with van der Waals surface area (Å²) in [5.41, 5.74) is 3.11. The Balaban J connectivity index is 1.65. The van der Waals surface area contributed by atoms with Crippen molar-refractivity contribution in [2.24, 2.45) is 0 Å². The van der Waals surface area contributed by atoms with E-state index in [0.717, 1.165) is 11.3 Å². The molecule has 4 rings (SSSR count). The summed E-state index contributed by atoms with van der Waals surface area (Å²) in [7, 11) is 0. The van der Waals surface area contributed by atoms with Crippen LogP contribution in [0.15, 0.2) is 59.1 Å². The van der Waals surface area contributed by atoms with Crippen molar-refractivity contribution in [2.45, 2.75) is 20.0 Å². The van der Waals surface area contributed by atoms with Crippen molar-refractivity contribution < 1.29 is 14.1 Å². The quantitative estimate of drug-likeness (QED) is 0.709. The van der Waals surface area contributed by atoms with Crippen LogP contribution in [0.25, 0.3) is 11.3 Å². The van der Waals surface area contributed by atoms with Crippen molar-refractivity contribution in [1.29, 1.82) is 0 Å². The molecule has 0 saturated heterocycles. The van der Waals surface area contributed by atoms with E-state index >= 15 is 0 Å². The van der Waals surface area contributed by atoms with E-state index in [1.54, 1.807) is 11.0 Å². The summed E-state index contributed by atoms with van der Waals surface area (Å²) in [5, 5.41) is 3.98. The normalized spacial score (nSPS) is 16.2. The van der Waals surface area contributed by atoms with Crippen LogP contribution in [0, 0.1) is 6.92 Å². The number of carbonyl (C=O) groups excluding carboxylic acids is 1. The molecule has 1 atom stereocenters. The fraction of sp³-hybridized carbons (Fsp3) is 0.200. The molecule has 5 heteroatoms. The van der Waals surface area contributed by atoms with Crippen molar-refractivity contribution in [1.82, 2.24) is 5.16 Å². The van der Waals surface area contributed by atoms with Gasteiger partial charge in [0.15, 0.2) is 11.5 Å². The van der Waals surface area contributed by atoms with Gasteiger partial charge in [-0.1, -0.05) is 47.1 Å². The topological polar surface area (TPSA) is 55.6 Å². The number of aromatic nitrogens is 1.